The number of hydrogen-bond donors (Lipinski definition) is 1. The lowest BCUT2D eigenvalue weighted by Gasteiger charge is -2.22. The summed E-state index contributed by atoms with van der Waals surface area (Å²) in [4.78, 5) is 14.7. The fourth-order valence-electron chi connectivity index (χ4n) is 2.83. The lowest BCUT2D eigenvalue weighted by molar-refractivity contribution is 0.257. The maximum atomic E-state index is 13.0. The van der Waals surface area contributed by atoms with Crippen molar-refractivity contribution in [3.8, 4) is 0 Å². The van der Waals surface area contributed by atoms with E-state index in [-0.39, 0.29) is 6.03 Å². The molecule has 142 valence electrons. The highest BCUT2D eigenvalue weighted by atomic mass is 79.9. The first-order valence-corrected chi connectivity index (χ1v) is 10.1. The third kappa shape index (κ3) is 5.57. The van der Waals surface area contributed by atoms with Gasteiger partial charge in [-0.1, -0.05) is 83.5 Å². The van der Waals surface area contributed by atoms with Crippen molar-refractivity contribution < 1.29 is 4.79 Å². The Labute approximate surface area is 174 Å². The van der Waals surface area contributed by atoms with Crippen LogP contribution in [0.5, 0.6) is 0 Å². The second-order valence-electron chi connectivity index (χ2n) is 6.38. The average Bonchev–Trinajstić information content (AvgIpc) is 2.72. The first-order chi connectivity index (χ1) is 13.7. The van der Waals surface area contributed by atoms with E-state index in [2.05, 4.69) is 40.3 Å². The number of hydrogen-bond acceptors (Lipinski definition) is 1. The molecule has 0 spiro atoms. The van der Waals surface area contributed by atoms with Crippen LogP contribution in [-0.2, 0) is 6.42 Å². The van der Waals surface area contributed by atoms with Crippen LogP contribution in [0, 0.1) is 0 Å². The van der Waals surface area contributed by atoms with Gasteiger partial charge in [-0.05, 0) is 47.9 Å². The van der Waals surface area contributed by atoms with Crippen LogP contribution in [0.25, 0.3) is 6.08 Å². The summed E-state index contributed by atoms with van der Waals surface area (Å²) in [5, 5.41) is 2.98. The Bertz CT molecular complexity index is 936. The topological polar surface area (TPSA) is 32.3 Å². The quantitative estimate of drug-likeness (QED) is 0.456. The fraction of sp³-hybridized carbons (Fsp3) is 0.125. The van der Waals surface area contributed by atoms with Crippen molar-refractivity contribution >= 4 is 39.4 Å². The van der Waals surface area contributed by atoms with Crippen molar-refractivity contribution in [2.24, 2.45) is 0 Å². The number of anilines is 2. The Hall–Kier alpha value is -2.85. The second-order valence-corrected chi connectivity index (χ2v) is 7.30. The van der Waals surface area contributed by atoms with E-state index in [0.29, 0.717) is 6.54 Å². The molecular weight excluding hydrogens is 412 g/mol. The molecule has 0 atom stereocenters. The van der Waals surface area contributed by atoms with E-state index in [9.17, 15) is 4.79 Å². The van der Waals surface area contributed by atoms with E-state index in [0.717, 1.165) is 27.8 Å². The molecule has 0 aliphatic rings. The van der Waals surface area contributed by atoms with E-state index >= 15 is 0 Å². The summed E-state index contributed by atoms with van der Waals surface area (Å²) in [6, 6.07) is 25.6. The highest BCUT2D eigenvalue weighted by Crippen LogP contribution is 2.20. The van der Waals surface area contributed by atoms with E-state index in [1.54, 1.807) is 4.90 Å². The van der Waals surface area contributed by atoms with Gasteiger partial charge in [-0.25, -0.2) is 4.79 Å². The van der Waals surface area contributed by atoms with Crippen molar-refractivity contribution in [2.75, 3.05) is 16.8 Å². The molecule has 0 aromatic heterocycles. The monoisotopic (exact) mass is 434 g/mol. The van der Waals surface area contributed by atoms with Gasteiger partial charge in [-0.3, -0.25) is 4.90 Å². The summed E-state index contributed by atoms with van der Waals surface area (Å²) in [7, 11) is 0. The van der Waals surface area contributed by atoms with Gasteiger partial charge in [-0.2, -0.15) is 0 Å². The van der Waals surface area contributed by atoms with Crippen LogP contribution >= 0.6 is 15.9 Å². The van der Waals surface area contributed by atoms with Crippen LogP contribution in [0.2, 0.25) is 0 Å². The molecular formula is C24H23BrN2O. The van der Waals surface area contributed by atoms with Crippen molar-refractivity contribution in [3.63, 3.8) is 0 Å². The highest BCUT2D eigenvalue weighted by Gasteiger charge is 2.15. The third-order valence-corrected chi connectivity index (χ3v) is 4.87. The number of halogens is 1. The first-order valence-electron chi connectivity index (χ1n) is 9.30. The molecule has 0 bridgehead atoms. The van der Waals surface area contributed by atoms with Crippen molar-refractivity contribution in [2.45, 2.75) is 13.3 Å². The molecule has 3 aromatic carbocycles. The van der Waals surface area contributed by atoms with E-state index in [1.807, 2.05) is 78.9 Å². The molecule has 1 N–H and O–H groups in total. The normalized spacial score (nSPS) is 10.8. The second kappa shape index (κ2) is 9.90. The minimum absolute atomic E-state index is 0.167. The molecule has 3 nitrogen and oxygen atoms in total. The van der Waals surface area contributed by atoms with Crippen molar-refractivity contribution in [1.82, 2.24) is 0 Å². The molecule has 3 rings (SSSR count). The van der Waals surface area contributed by atoms with Gasteiger partial charge in [0.1, 0.15) is 0 Å². The zero-order chi connectivity index (χ0) is 19.8. The predicted molar refractivity (Wildman–Crippen MR) is 122 cm³/mol. The minimum atomic E-state index is -0.167. The van der Waals surface area contributed by atoms with E-state index in [1.165, 1.54) is 5.56 Å². The number of benzene rings is 3. The third-order valence-electron chi connectivity index (χ3n) is 4.38. The van der Waals surface area contributed by atoms with Crippen LogP contribution in [0.1, 0.15) is 18.1 Å². The number of amides is 2. The van der Waals surface area contributed by atoms with Gasteiger partial charge >= 0.3 is 6.03 Å². The van der Waals surface area contributed by atoms with E-state index in [4.69, 9.17) is 0 Å². The Morgan fingerprint density at radius 2 is 1.75 bits per heavy atom. The fourth-order valence-corrected chi connectivity index (χ4v) is 3.23. The zero-order valence-electron chi connectivity index (χ0n) is 15.8. The first kappa shape index (κ1) is 19.9. The minimum Gasteiger partial charge on any atom is -0.307 e. The van der Waals surface area contributed by atoms with Gasteiger partial charge in [0.15, 0.2) is 0 Å². The van der Waals surface area contributed by atoms with Gasteiger partial charge in [0, 0.05) is 22.4 Å². The Morgan fingerprint density at radius 1 is 1.00 bits per heavy atom. The molecule has 2 amide bonds. The Morgan fingerprint density at radius 3 is 2.43 bits per heavy atom. The molecule has 0 saturated carbocycles. The largest absolute Gasteiger partial charge is 0.326 e. The number of nitrogens with zero attached hydrogens (tertiary/aromatic N) is 1. The summed E-state index contributed by atoms with van der Waals surface area (Å²) in [5.41, 5.74) is 3.97. The molecule has 0 aliphatic carbocycles. The van der Waals surface area contributed by atoms with Gasteiger partial charge in [0.25, 0.3) is 0 Å². The lowest BCUT2D eigenvalue weighted by Crippen LogP contribution is -2.35. The molecule has 0 aliphatic heterocycles. The standard InChI is InChI=1S/C24H23BrN2O/c1-2-19-13-15-23(16-14-19)27(17-7-10-20-8-4-3-5-9-20)24(28)26-22-12-6-11-21(25)18-22/h3-16,18H,2,17H2,1H3,(H,26,28)/b10-7+. The highest BCUT2D eigenvalue weighted by molar-refractivity contribution is 9.10. The predicted octanol–water partition coefficient (Wildman–Crippen LogP) is 6.76. The lowest BCUT2D eigenvalue weighted by atomic mass is 10.1. The average molecular weight is 435 g/mol. The van der Waals surface area contributed by atoms with Gasteiger partial charge in [0.2, 0.25) is 0 Å². The Kier molecular flexibility index (Phi) is 7.04. The van der Waals surface area contributed by atoms with Crippen molar-refractivity contribution in [1.29, 1.82) is 0 Å². The number of nitrogens with one attached hydrogen (secondary N) is 1. The molecule has 0 unspecified atom stereocenters. The molecule has 28 heavy (non-hydrogen) atoms. The summed E-state index contributed by atoms with van der Waals surface area (Å²) in [6.07, 6.45) is 5.00. The maximum Gasteiger partial charge on any atom is 0.326 e. The number of carbonyl (C=O) groups excluding carboxylic acids is 1. The molecule has 0 radical (unpaired) electrons. The number of carbonyl (C=O) groups is 1. The molecule has 3 aromatic rings. The zero-order valence-corrected chi connectivity index (χ0v) is 17.4. The molecule has 0 fully saturated rings. The van der Waals surface area contributed by atoms with Crippen molar-refractivity contribution in [3.05, 3.63) is 101 Å². The maximum absolute atomic E-state index is 13.0. The van der Waals surface area contributed by atoms with Crippen LogP contribution < -0.4 is 10.2 Å². The number of urea groups is 1. The van der Waals surface area contributed by atoms with Crippen LogP contribution in [-0.4, -0.2) is 12.6 Å². The summed E-state index contributed by atoms with van der Waals surface area (Å²) in [5.74, 6) is 0. The molecule has 0 saturated heterocycles. The number of rotatable bonds is 6. The summed E-state index contributed by atoms with van der Waals surface area (Å²) >= 11 is 3.44. The van der Waals surface area contributed by atoms with Gasteiger partial charge in [-0.15, -0.1) is 0 Å². The van der Waals surface area contributed by atoms with E-state index < -0.39 is 0 Å². The summed E-state index contributed by atoms with van der Waals surface area (Å²) < 4.78 is 0.924. The van der Waals surface area contributed by atoms with Crippen LogP contribution in [0.15, 0.2) is 89.4 Å². The molecule has 4 heteroatoms. The summed E-state index contributed by atoms with van der Waals surface area (Å²) in [6.45, 7) is 2.59. The molecule has 0 heterocycles. The Balaban J connectivity index is 1.80. The van der Waals surface area contributed by atoms with Gasteiger partial charge < -0.3 is 5.32 Å². The smallest absolute Gasteiger partial charge is 0.307 e. The van der Waals surface area contributed by atoms with Crippen LogP contribution in [0.3, 0.4) is 0 Å². The SMILES string of the molecule is CCc1ccc(N(C/C=C/c2ccccc2)C(=O)Nc2cccc(Br)c2)cc1. The van der Waals surface area contributed by atoms with Gasteiger partial charge in [0.05, 0.1) is 0 Å². The number of aryl methyl sites for hydroxylation is 1. The van der Waals surface area contributed by atoms with Crippen LogP contribution in [0.4, 0.5) is 16.2 Å².